The lowest BCUT2D eigenvalue weighted by molar-refractivity contribution is 0.0696. The second kappa shape index (κ2) is 6.27. The van der Waals surface area contributed by atoms with E-state index in [0.717, 1.165) is 5.57 Å². The fourth-order valence-electron chi connectivity index (χ4n) is 3.13. The lowest BCUT2D eigenvalue weighted by atomic mass is 10.1. The van der Waals surface area contributed by atoms with Crippen molar-refractivity contribution in [2.45, 2.75) is 12.8 Å². The molecule has 0 bridgehead atoms. The van der Waals surface area contributed by atoms with Crippen molar-refractivity contribution in [1.82, 2.24) is 9.38 Å². The summed E-state index contributed by atoms with van der Waals surface area (Å²) in [5.74, 6) is -1.09. The number of rotatable bonds is 2. The Balaban J connectivity index is 1.91. The minimum atomic E-state index is -1.09. The van der Waals surface area contributed by atoms with Gasteiger partial charge in [0.2, 0.25) is 0 Å². The zero-order chi connectivity index (χ0) is 18.4. The van der Waals surface area contributed by atoms with Crippen LogP contribution in [0.1, 0.15) is 33.6 Å². The van der Waals surface area contributed by atoms with Crippen molar-refractivity contribution in [2.75, 3.05) is 0 Å². The molecule has 7 heteroatoms. The van der Waals surface area contributed by atoms with Crippen molar-refractivity contribution in [2.24, 2.45) is 0 Å². The third-order valence-corrected chi connectivity index (χ3v) is 5.09. The number of carboxylic acids is 1. The van der Waals surface area contributed by atoms with Gasteiger partial charge in [0.1, 0.15) is 5.65 Å². The summed E-state index contributed by atoms with van der Waals surface area (Å²) in [4.78, 5) is 28.5. The lowest BCUT2D eigenvalue weighted by Gasteiger charge is -2.07. The Morgan fingerprint density at radius 2 is 1.88 bits per heavy atom. The molecule has 0 spiro atoms. The Morgan fingerprint density at radius 1 is 1.15 bits per heavy atom. The number of carboxylic acid groups (broad SMARTS) is 1. The Labute approximate surface area is 158 Å². The van der Waals surface area contributed by atoms with E-state index in [-0.39, 0.29) is 11.1 Å². The van der Waals surface area contributed by atoms with Gasteiger partial charge in [0.25, 0.3) is 5.56 Å². The molecule has 4 rings (SSSR count). The molecule has 26 heavy (non-hydrogen) atoms. The molecule has 0 fully saturated rings. The first-order chi connectivity index (χ1) is 12.5. The molecule has 2 heterocycles. The number of hydrogen-bond acceptors (Lipinski definition) is 3. The lowest BCUT2D eigenvalue weighted by Crippen LogP contribution is -2.20. The highest BCUT2D eigenvalue weighted by Crippen LogP contribution is 2.34. The van der Waals surface area contributed by atoms with E-state index in [0.29, 0.717) is 45.4 Å². The average molecular weight is 387 g/mol. The highest BCUT2D eigenvalue weighted by atomic mass is 35.5. The summed E-state index contributed by atoms with van der Waals surface area (Å²) in [7, 11) is 0. The van der Waals surface area contributed by atoms with Crippen LogP contribution in [-0.4, -0.2) is 20.5 Å². The molecule has 0 aliphatic heterocycles. The van der Waals surface area contributed by atoms with Gasteiger partial charge in [-0.3, -0.25) is 9.20 Å². The van der Waals surface area contributed by atoms with E-state index < -0.39 is 5.97 Å². The predicted molar refractivity (Wildman–Crippen MR) is 101 cm³/mol. The number of carbonyl (C=O) groups is 1. The van der Waals surface area contributed by atoms with Crippen LogP contribution in [0.4, 0.5) is 0 Å². The number of aromatic nitrogens is 2. The molecule has 2 aromatic heterocycles. The van der Waals surface area contributed by atoms with Crippen molar-refractivity contribution in [3.63, 3.8) is 0 Å². The third-order valence-electron chi connectivity index (χ3n) is 4.43. The molecule has 0 saturated carbocycles. The quantitative estimate of drug-likeness (QED) is 0.716. The minimum absolute atomic E-state index is 0.0398. The van der Waals surface area contributed by atoms with Crippen LogP contribution in [0.3, 0.4) is 0 Å². The van der Waals surface area contributed by atoms with Crippen molar-refractivity contribution in [3.8, 4) is 0 Å². The largest absolute Gasteiger partial charge is 0.478 e. The smallest absolute Gasteiger partial charge is 0.337 e. The van der Waals surface area contributed by atoms with Crippen LogP contribution in [0, 0.1) is 0 Å². The first-order valence-electron chi connectivity index (χ1n) is 7.89. The second-order valence-electron chi connectivity index (χ2n) is 6.00. The molecular formula is C19H12Cl2N2O3. The van der Waals surface area contributed by atoms with E-state index >= 15 is 0 Å². The zero-order valence-electron chi connectivity index (χ0n) is 13.4. The SMILES string of the molecule is O=C(O)c1ccc2nc3c(c(=O)n2c1)CCC3=Cc1c(Cl)cccc1Cl. The van der Waals surface area contributed by atoms with Gasteiger partial charge in [-0.15, -0.1) is 0 Å². The summed E-state index contributed by atoms with van der Waals surface area (Å²) in [5.41, 5.74) is 2.96. The maximum absolute atomic E-state index is 12.8. The molecule has 1 aliphatic rings. The standard InChI is InChI=1S/C19H12Cl2N2O3/c20-14-2-1-3-15(21)13(14)8-10-4-6-12-17(10)22-16-7-5-11(19(25)26)9-23(16)18(12)24/h1-3,5,7-9H,4,6H2,(H,25,26). The van der Waals surface area contributed by atoms with Gasteiger partial charge in [-0.2, -0.15) is 0 Å². The molecule has 3 aromatic rings. The number of allylic oxidation sites excluding steroid dienone is 1. The van der Waals surface area contributed by atoms with E-state index in [1.54, 1.807) is 18.2 Å². The molecule has 0 amide bonds. The molecular weight excluding hydrogens is 375 g/mol. The molecule has 0 unspecified atom stereocenters. The van der Waals surface area contributed by atoms with Crippen LogP contribution in [0.5, 0.6) is 0 Å². The Bertz CT molecular complexity index is 1150. The van der Waals surface area contributed by atoms with Crippen LogP contribution >= 0.6 is 23.2 Å². The summed E-state index contributed by atoms with van der Waals surface area (Å²) in [6, 6.07) is 8.24. The topological polar surface area (TPSA) is 71.7 Å². The first-order valence-corrected chi connectivity index (χ1v) is 8.65. The fourth-order valence-corrected chi connectivity index (χ4v) is 3.64. The fraction of sp³-hybridized carbons (Fsp3) is 0.105. The first kappa shape index (κ1) is 16.8. The number of halogens is 2. The number of pyridine rings is 1. The number of hydrogen-bond donors (Lipinski definition) is 1. The van der Waals surface area contributed by atoms with Gasteiger partial charge in [-0.1, -0.05) is 29.3 Å². The summed E-state index contributed by atoms with van der Waals surface area (Å²) in [5, 5.41) is 10.2. The van der Waals surface area contributed by atoms with Crippen molar-refractivity contribution < 1.29 is 9.90 Å². The van der Waals surface area contributed by atoms with Gasteiger partial charge in [-0.05, 0) is 48.8 Å². The Kier molecular flexibility index (Phi) is 4.05. The van der Waals surface area contributed by atoms with Gasteiger partial charge in [0.15, 0.2) is 0 Å². The predicted octanol–water partition coefficient (Wildman–Crippen LogP) is 4.19. The van der Waals surface area contributed by atoms with E-state index in [9.17, 15) is 9.59 Å². The maximum Gasteiger partial charge on any atom is 0.337 e. The van der Waals surface area contributed by atoms with E-state index in [4.69, 9.17) is 28.3 Å². The monoisotopic (exact) mass is 386 g/mol. The minimum Gasteiger partial charge on any atom is -0.478 e. The van der Waals surface area contributed by atoms with Gasteiger partial charge < -0.3 is 5.11 Å². The molecule has 5 nitrogen and oxygen atoms in total. The molecule has 0 radical (unpaired) electrons. The van der Waals surface area contributed by atoms with Crippen LogP contribution in [-0.2, 0) is 6.42 Å². The van der Waals surface area contributed by atoms with Gasteiger partial charge >= 0.3 is 5.97 Å². The molecule has 1 N–H and O–H groups in total. The molecule has 0 saturated heterocycles. The molecule has 1 aromatic carbocycles. The molecule has 130 valence electrons. The van der Waals surface area contributed by atoms with Crippen LogP contribution in [0.25, 0.3) is 17.3 Å². The van der Waals surface area contributed by atoms with Crippen LogP contribution < -0.4 is 5.56 Å². The summed E-state index contributed by atoms with van der Waals surface area (Å²) in [6.45, 7) is 0. The molecule has 1 aliphatic carbocycles. The van der Waals surface area contributed by atoms with Gasteiger partial charge in [0.05, 0.1) is 11.3 Å². The second-order valence-corrected chi connectivity index (χ2v) is 6.81. The summed E-state index contributed by atoms with van der Waals surface area (Å²) < 4.78 is 1.29. The molecule has 0 atom stereocenters. The van der Waals surface area contributed by atoms with Crippen molar-refractivity contribution in [3.05, 3.63) is 79.3 Å². The van der Waals surface area contributed by atoms with E-state index in [1.807, 2.05) is 6.08 Å². The Morgan fingerprint density at radius 3 is 2.58 bits per heavy atom. The van der Waals surface area contributed by atoms with Crippen LogP contribution in [0.15, 0.2) is 41.3 Å². The normalized spacial score (nSPS) is 14.8. The summed E-state index contributed by atoms with van der Waals surface area (Å²) >= 11 is 12.5. The van der Waals surface area contributed by atoms with Crippen molar-refractivity contribution in [1.29, 1.82) is 0 Å². The average Bonchev–Trinajstić information content (AvgIpc) is 3.01. The zero-order valence-corrected chi connectivity index (χ0v) is 14.9. The maximum atomic E-state index is 12.8. The Hall–Kier alpha value is -2.63. The summed E-state index contributed by atoms with van der Waals surface area (Å²) in [6.07, 6.45) is 4.35. The van der Waals surface area contributed by atoms with Gasteiger partial charge in [-0.25, -0.2) is 9.78 Å². The van der Waals surface area contributed by atoms with E-state index in [1.165, 1.54) is 22.7 Å². The number of fused-ring (bicyclic) bond motifs is 2. The van der Waals surface area contributed by atoms with Crippen LogP contribution in [0.2, 0.25) is 10.0 Å². The highest BCUT2D eigenvalue weighted by Gasteiger charge is 2.23. The number of nitrogens with zero attached hydrogens (tertiary/aromatic N) is 2. The van der Waals surface area contributed by atoms with Crippen molar-refractivity contribution >= 4 is 46.5 Å². The third kappa shape index (κ3) is 2.69. The number of benzene rings is 1. The van der Waals surface area contributed by atoms with E-state index in [2.05, 4.69) is 4.98 Å². The number of aromatic carboxylic acids is 1. The highest BCUT2D eigenvalue weighted by molar-refractivity contribution is 6.37. The van der Waals surface area contributed by atoms with Gasteiger partial charge in [0, 0.05) is 27.4 Å².